The van der Waals surface area contributed by atoms with Gasteiger partial charge in [-0.25, -0.2) is 15.0 Å². The molecule has 3 heterocycles. The third-order valence-electron chi connectivity index (χ3n) is 3.58. The van der Waals surface area contributed by atoms with Crippen LogP contribution in [0, 0.1) is 13.8 Å². The van der Waals surface area contributed by atoms with Crippen LogP contribution in [0.1, 0.15) is 11.4 Å². The highest BCUT2D eigenvalue weighted by Gasteiger charge is 2.10. The number of aryl methyl sites for hydroxylation is 1. The Balaban J connectivity index is 2.02. The highest BCUT2D eigenvalue weighted by atomic mass is 15.5. The molecule has 0 saturated carbocycles. The van der Waals surface area contributed by atoms with Gasteiger partial charge in [-0.1, -0.05) is 0 Å². The summed E-state index contributed by atoms with van der Waals surface area (Å²) in [6, 6.07) is 2.02. The molecular weight excluding hydrogens is 278 g/mol. The summed E-state index contributed by atoms with van der Waals surface area (Å²) in [4.78, 5) is 16.4. The molecule has 22 heavy (non-hydrogen) atoms. The Bertz CT molecular complexity index is 869. The third kappa shape index (κ3) is 2.26. The fourth-order valence-corrected chi connectivity index (χ4v) is 2.33. The van der Waals surface area contributed by atoms with Gasteiger partial charge in [0.2, 0.25) is 11.7 Å². The topological polar surface area (TPSA) is 71.9 Å². The molecule has 3 rings (SSSR count). The molecule has 0 amide bonds. The first kappa shape index (κ1) is 14.0. The maximum Gasteiger partial charge on any atom is 0.236 e. The molecule has 0 atom stereocenters. The lowest BCUT2D eigenvalue weighted by Crippen LogP contribution is -2.21. The molecule has 0 bridgehead atoms. The van der Waals surface area contributed by atoms with E-state index in [2.05, 4.69) is 32.1 Å². The summed E-state index contributed by atoms with van der Waals surface area (Å²) in [5, 5.41) is 0. The van der Waals surface area contributed by atoms with E-state index < -0.39 is 0 Å². The Morgan fingerprint density at radius 3 is 2.77 bits per heavy atom. The quantitative estimate of drug-likeness (QED) is 0.581. The minimum Gasteiger partial charge on any atom is -0.288 e. The second-order valence-electron chi connectivity index (χ2n) is 4.91. The second kappa shape index (κ2) is 5.44. The molecule has 1 N–H and O–H groups in total. The first-order chi connectivity index (χ1) is 10.6. The van der Waals surface area contributed by atoms with E-state index >= 15 is 0 Å². The highest BCUT2D eigenvalue weighted by Crippen LogP contribution is 2.23. The first-order valence-corrected chi connectivity index (χ1v) is 6.82. The van der Waals surface area contributed by atoms with Gasteiger partial charge in [0.1, 0.15) is 0 Å². The molecule has 0 aliphatic heterocycles. The predicted molar refractivity (Wildman–Crippen MR) is 88.2 cm³/mol. The monoisotopic (exact) mass is 295 g/mol. The number of rotatable bonds is 2. The summed E-state index contributed by atoms with van der Waals surface area (Å²) in [6.07, 6.45) is 7.60. The van der Waals surface area contributed by atoms with Crippen molar-refractivity contribution in [3.8, 4) is 11.1 Å². The van der Waals surface area contributed by atoms with Gasteiger partial charge in [0.05, 0.1) is 6.20 Å². The number of aromatic nitrogens is 4. The van der Waals surface area contributed by atoms with Gasteiger partial charge in [-0.15, -0.1) is 0 Å². The standard InChI is InChI=1S/C15H17N7/c1-10-7-18-15-19-8-12(9-21(10)15)13-5-6-22(11(13)2)20-14(16-3)17-4/h5-9H,3H2,1-2,4H3,(H,17,20). The van der Waals surface area contributed by atoms with Crippen LogP contribution in [-0.2, 0) is 0 Å². The molecular formula is C15H17N7. The van der Waals surface area contributed by atoms with Crippen LogP contribution in [-0.4, -0.2) is 38.8 Å². The summed E-state index contributed by atoms with van der Waals surface area (Å²) < 4.78 is 3.83. The van der Waals surface area contributed by atoms with Crippen molar-refractivity contribution in [2.24, 2.45) is 9.98 Å². The number of imidazole rings is 1. The van der Waals surface area contributed by atoms with E-state index in [4.69, 9.17) is 0 Å². The van der Waals surface area contributed by atoms with Gasteiger partial charge in [0.15, 0.2) is 0 Å². The lowest BCUT2D eigenvalue weighted by Gasteiger charge is -2.09. The van der Waals surface area contributed by atoms with Crippen molar-refractivity contribution in [3.05, 3.63) is 42.2 Å². The van der Waals surface area contributed by atoms with Crippen LogP contribution in [0.5, 0.6) is 0 Å². The maximum absolute atomic E-state index is 4.39. The SMILES string of the molecule is C=NC(=NC)Nn1ccc(-c2cnc3ncc(C)n3c2)c1C. The average Bonchev–Trinajstić information content (AvgIpc) is 3.08. The average molecular weight is 295 g/mol. The normalized spacial score (nSPS) is 11.9. The Hall–Kier alpha value is -2.96. The van der Waals surface area contributed by atoms with Crippen LogP contribution in [0.4, 0.5) is 0 Å². The molecule has 0 saturated heterocycles. The number of hydrogen-bond acceptors (Lipinski definition) is 3. The summed E-state index contributed by atoms with van der Waals surface area (Å²) >= 11 is 0. The zero-order chi connectivity index (χ0) is 15.7. The van der Waals surface area contributed by atoms with Crippen LogP contribution in [0.2, 0.25) is 0 Å². The van der Waals surface area contributed by atoms with Gasteiger partial charge >= 0.3 is 0 Å². The number of nitrogens with zero attached hydrogens (tertiary/aromatic N) is 6. The molecule has 7 heteroatoms. The maximum atomic E-state index is 4.39. The van der Waals surface area contributed by atoms with Crippen LogP contribution in [0.3, 0.4) is 0 Å². The zero-order valence-corrected chi connectivity index (χ0v) is 12.8. The number of nitrogens with one attached hydrogen (secondary N) is 1. The lowest BCUT2D eigenvalue weighted by molar-refractivity contribution is 0.931. The minimum atomic E-state index is 0.462. The fraction of sp³-hybridized carbons (Fsp3) is 0.200. The predicted octanol–water partition coefficient (Wildman–Crippen LogP) is 2.04. The van der Waals surface area contributed by atoms with Gasteiger partial charge in [0.25, 0.3) is 0 Å². The molecule has 7 nitrogen and oxygen atoms in total. The molecule has 3 aromatic rings. The number of guanidine groups is 1. The Morgan fingerprint density at radius 2 is 2.05 bits per heavy atom. The minimum absolute atomic E-state index is 0.462. The van der Waals surface area contributed by atoms with Gasteiger partial charge in [-0.3, -0.25) is 19.5 Å². The van der Waals surface area contributed by atoms with Crippen molar-refractivity contribution in [3.63, 3.8) is 0 Å². The molecule has 0 aliphatic rings. The van der Waals surface area contributed by atoms with Gasteiger partial charge < -0.3 is 0 Å². The molecule has 0 aromatic carbocycles. The lowest BCUT2D eigenvalue weighted by atomic mass is 10.1. The number of hydrogen-bond donors (Lipinski definition) is 1. The largest absolute Gasteiger partial charge is 0.288 e. The Labute approximate surface area is 128 Å². The van der Waals surface area contributed by atoms with Crippen molar-refractivity contribution in [1.29, 1.82) is 0 Å². The Morgan fingerprint density at radius 1 is 1.27 bits per heavy atom. The molecule has 112 valence electrons. The van der Waals surface area contributed by atoms with Crippen molar-refractivity contribution in [2.45, 2.75) is 13.8 Å². The van der Waals surface area contributed by atoms with Gasteiger partial charge in [-0.2, -0.15) is 0 Å². The van der Waals surface area contributed by atoms with Crippen molar-refractivity contribution in [2.75, 3.05) is 12.5 Å². The van der Waals surface area contributed by atoms with Crippen molar-refractivity contribution < 1.29 is 0 Å². The summed E-state index contributed by atoms with van der Waals surface area (Å²) in [5.74, 6) is 1.16. The number of fused-ring (bicyclic) bond motifs is 1. The summed E-state index contributed by atoms with van der Waals surface area (Å²) in [7, 11) is 1.66. The van der Waals surface area contributed by atoms with E-state index in [0.29, 0.717) is 11.7 Å². The van der Waals surface area contributed by atoms with Crippen LogP contribution in [0.15, 0.2) is 40.8 Å². The van der Waals surface area contributed by atoms with E-state index in [-0.39, 0.29) is 0 Å². The highest BCUT2D eigenvalue weighted by molar-refractivity contribution is 5.90. The van der Waals surface area contributed by atoms with E-state index in [0.717, 1.165) is 22.5 Å². The van der Waals surface area contributed by atoms with E-state index in [1.54, 1.807) is 7.05 Å². The fourth-order valence-electron chi connectivity index (χ4n) is 2.33. The van der Waals surface area contributed by atoms with E-state index in [9.17, 15) is 0 Å². The zero-order valence-electron chi connectivity index (χ0n) is 12.8. The van der Waals surface area contributed by atoms with E-state index in [1.807, 2.05) is 53.8 Å². The molecule has 0 spiro atoms. The summed E-state index contributed by atoms with van der Waals surface area (Å²) in [5.41, 5.74) is 7.26. The van der Waals surface area contributed by atoms with Gasteiger partial charge in [-0.05, 0) is 26.6 Å². The first-order valence-electron chi connectivity index (χ1n) is 6.82. The molecule has 0 unspecified atom stereocenters. The molecule has 0 fully saturated rings. The van der Waals surface area contributed by atoms with Crippen LogP contribution in [0.25, 0.3) is 16.9 Å². The van der Waals surface area contributed by atoms with Crippen molar-refractivity contribution in [1.82, 2.24) is 19.0 Å². The summed E-state index contributed by atoms with van der Waals surface area (Å²) in [6.45, 7) is 7.51. The van der Waals surface area contributed by atoms with Crippen molar-refractivity contribution >= 4 is 18.5 Å². The van der Waals surface area contributed by atoms with Crippen LogP contribution >= 0.6 is 0 Å². The van der Waals surface area contributed by atoms with Gasteiger partial charge in [0, 0.05) is 48.2 Å². The smallest absolute Gasteiger partial charge is 0.236 e. The second-order valence-corrected chi connectivity index (χ2v) is 4.91. The van der Waals surface area contributed by atoms with E-state index in [1.165, 1.54) is 0 Å². The number of aliphatic imine (C=N–C) groups is 2. The third-order valence-corrected chi connectivity index (χ3v) is 3.58. The molecule has 3 aromatic heterocycles. The molecule has 0 aliphatic carbocycles. The molecule has 0 radical (unpaired) electrons. The Kier molecular flexibility index (Phi) is 3.46. The van der Waals surface area contributed by atoms with Crippen LogP contribution < -0.4 is 5.43 Å².